The molecule has 130 valence electrons. The molecule has 0 saturated carbocycles. The molecule has 0 radical (unpaired) electrons. The predicted octanol–water partition coefficient (Wildman–Crippen LogP) is 4.62. The smallest absolute Gasteiger partial charge is 0.135 e. The molecule has 2 aromatic heterocycles. The van der Waals surface area contributed by atoms with Crippen molar-refractivity contribution in [2.45, 2.75) is 6.54 Å². The SMILES string of the molecule is N=C1C(c2nc(-c3ccc(Cl)cc3)cs2)=C(O)CN1Cc1ccncc1. The van der Waals surface area contributed by atoms with E-state index in [2.05, 4.69) is 9.97 Å². The molecule has 0 spiro atoms. The molecule has 7 heteroatoms. The number of aliphatic hydroxyl groups excluding tert-OH is 1. The summed E-state index contributed by atoms with van der Waals surface area (Å²) in [5, 5.41) is 22.1. The van der Waals surface area contributed by atoms with Crippen LogP contribution in [-0.4, -0.2) is 32.4 Å². The number of thiazole rings is 1. The van der Waals surface area contributed by atoms with Gasteiger partial charge in [0, 0.05) is 34.9 Å². The van der Waals surface area contributed by atoms with Crippen LogP contribution in [-0.2, 0) is 6.54 Å². The fraction of sp³-hybridized carbons (Fsp3) is 0.105. The Hall–Kier alpha value is -2.70. The van der Waals surface area contributed by atoms with Crippen molar-refractivity contribution < 1.29 is 5.11 Å². The zero-order valence-corrected chi connectivity index (χ0v) is 15.3. The second-order valence-corrected chi connectivity index (χ2v) is 7.22. The predicted molar refractivity (Wildman–Crippen MR) is 104 cm³/mol. The van der Waals surface area contributed by atoms with Crippen molar-refractivity contribution >= 4 is 34.3 Å². The number of amidine groups is 1. The van der Waals surface area contributed by atoms with Crippen molar-refractivity contribution in [3.63, 3.8) is 0 Å². The van der Waals surface area contributed by atoms with Crippen LogP contribution in [0.5, 0.6) is 0 Å². The molecule has 4 rings (SSSR count). The van der Waals surface area contributed by atoms with Gasteiger partial charge in [0.05, 0.1) is 17.8 Å². The summed E-state index contributed by atoms with van der Waals surface area (Å²) in [4.78, 5) is 10.4. The molecule has 0 saturated heterocycles. The largest absolute Gasteiger partial charge is 0.510 e. The highest BCUT2D eigenvalue weighted by Gasteiger charge is 2.30. The molecule has 0 amide bonds. The number of hydrogen-bond donors (Lipinski definition) is 2. The zero-order valence-electron chi connectivity index (χ0n) is 13.7. The number of hydrogen-bond acceptors (Lipinski definition) is 5. The summed E-state index contributed by atoms with van der Waals surface area (Å²) in [6, 6.07) is 11.3. The number of nitrogens with zero attached hydrogens (tertiary/aromatic N) is 3. The van der Waals surface area contributed by atoms with Gasteiger partial charge in [-0.2, -0.15) is 0 Å². The summed E-state index contributed by atoms with van der Waals surface area (Å²) in [5.74, 6) is 0.470. The monoisotopic (exact) mass is 382 g/mol. The lowest BCUT2D eigenvalue weighted by Gasteiger charge is -2.18. The number of pyridine rings is 1. The van der Waals surface area contributed by atoms with Gasteiger partial charge in [0.25, 0.3) is 0 Å². The lowest BCUT2D eigenvalue weighted by atomic mass is 10.2. The van der Waals surface area contributed by atoms with E-state index < -0.39 is 0 Å². The third-order valence-electron chi connectivity index (χ3n) is 4.16. The summed E-state index contributed by atoms with van der Waals surface area (Å²) in [5.41, 5.74) is 3.31. The van der Waals surface area contributed by atoms with E-state index in [9.17, 15) is 5.11 Å². The topological polar surface area (TPSA) is 73.1 Å². The van der Waals surface area contributed by atoms with Crippen LogP contribution < -0.4 is 0 Å². The van der Waals surface area contributed by atoms with Crippen LogP contribution in [0.3, 0.4) is 0 Å². The summed E-state index contributed by atoms with van der Waals surface area (Å²) in [6.45, 7) is 0.858. The average molecular weight is 383 g/mol. The van der Waals surface area contributed by atoms with E-state index in [0.717, 1.165) is 16.8 Å². The second-order valence-electron chi connectivity index (χ2n) is 5.93. The van der Waals surface area contributed by atoms with Crippen LogP contribution in [0.2, 0.25) is 5.02 Å². The molecule has 0 bridgehead atoms. The number of aromatic nitrogens is 2. The Kier molecular flexibility index (Phi) is 4.44. The molecule has 3 aromatic rings. The molecule has 2 N–H and O–H groups in total. The van der Waals surface area contributed by atoms with E-state index in [4.69, 9.17) is 17.0 Å². The van der Waals surface area contributed by atoms with E-state index in [0.29, 0.717) is 28.7 Å². The van der Waals surface area contributed by atoms with Gasteiger partial charge >= 0.3 is 0 Å². The van der Waals surface area contributed by atoms with Crippen LogP contribution in [0, 0.1) is 5.41 Å². The third kappa shape index (κ3) is 3.21. The molecular weight excluding hydrogens is 368 g/mol. The molecule has 0 aliphatic carbocycles. The fourth-order valence-electron chi connectivity index (χ4n) is 2.84. The van der Waals surface area contributed by atoms with E-state index in [1.165, 1.54) is 11.3 Å². The Labute approximate surface area is 159 Å². The minimum atomic E-state index is 0.182. The van der Waals surface area contributed by atoms with Gasteiger partial charge in [-0.15, -0.1) is 11.3 Å². The minimum absolute atomic E-state index is 0.182. The van der Waals surface area contributed by atoms with Crippen molar-refractivity contribution in [2.24, 2.45) is 0 Å². The van der Waals surface area contributed by atoms with Gasteiger partial charge in [0.2, 0.25) is 0 Å². The summed E-state index contributed by atoms with van der Waals surface area (Å²) in [6.07, 6.45) is 3.45. The quantitative estimate of drug-likeness (QED) is 0.690. The van der Waals surface area contributed by atoms with E-state index in [-0.39, 0.29) is 11.6 Å². The highest BCUT2D eigenvalue weighted by atomic mass is 35.5. The molecule has 26 heavy (non-hydrogen) atoms. The van der Waals surface area contributed by atoms with Crippen LogP contribution in [0.4, 0.5) is 0 Å². The Balaban J connectivity index is 1.57. The molecule has 0 fully saturated rings. The number of rotatable bonds is 4. The lowest BCUT2D eigenvalue weighted by molar-refractivity contribution is 0.347. The molecule has 5 nitrogen and oxygen atoms in total. The zero-order chi connectivity index (χ0) is 18.1. The summed E-state index contributed by atoms with van der Waals surface area (Å²) < 4.78 is 0. The summed E-state index contributed by atoms with van der Waals surface area (Å²) >= 11 is 7.36. The second kappa shape index (κ2) is 6.90. The Bertz CT molecular complexity index is 982. The first-order chi connectivity index (χ1) is 12.6. The maximum Gasteiger partial charge on any atom is 0.135 e. The van der Waals surface area contributed by atoms with E-state index in [1.807, 2.05) is 46.7 Å². The highest BCUT2D eigenvalue weighted by Crippen LogP contribution is 2.33. The van der Waals surface area contributed by atoms with Crippen molar-refractivity contribution in [3.05, 3.63) is 75.5 Å². The van der Waals surface area contributed by atoms with Crippen molar-refractivity contribution in [3.8, 4) is 11.3 Å². The van der Waals surface area contributed by atoms with E-state index in [1.54, 1.807) is 12.4 Å². The van der Waals surface area contributed by atoms with Crippen LogP contribution >= 0.6 is 22.9 Å². The normalized spacial score (nSPS) is 14.3. The molecule has 1 aliphatic rings. The fourth-order valence-corrected chi connectivity index (χ4v) is 3.87. The average Bonchev–Trinajstić information content (AvgIpc) is 3.22. The third-order valence-corrected chi connectivity index (χ3v) is 5.27. The van der Waals surface area contributed by atoms with Crippen LogP contribution in [0.25, 0.3) is 16.8 Å². The number of halogens is 1. The Morgan fingerprint density at radius 3 is 2.62 bits per heavy atom. The van der Waals surface area contributed by atoms with Gasteiger partial charge in [0.1, 0.15) is 16.6 Å². The first-order valence-electron chi connectivity index (χ1n) is 7.98. The van der Waals surface area contributed by atoms with Crippen molar-refractivity contribution in [2.75, 3.05) is 6.54 Å². The van der Waals surface area contributed by atoms with Crippen LogP contribution in [0.15, 0.2) is 59.9 Å². The number of aliphatic hydroxyl groups is 1. The molecule has 0 atom stereocenters. The maximum atomic E-state index is 10.4. The summed E-state index contributed by atoms with van der Waals surface area (Å²) in [7, 11) is 0. The molecule has 1 aromatic carbocycles. The molecule has 1 aliphatic heterocycles. The molecule has 0 unspecified atom stereocenters. The van der Waals surface area contributed by atoms with Crippen molar-refractivity contribution in [1.29, 1.82) is 5.41 Å². The van der Waals surface area contributed by atoms with Crippen molar-refractivity contribution in [1.82, 2.24) is 14.9 Å². The lowest BCUT2D eigenvalue weighted by Crippen LogP contribution is -2.26. The highest BCUT2D eigenvalue weighted by molar-refractivity contribution is 7.11. The Morgan fingerprint density at radius 1 is 1.15 bits per heavy atom. The van der Waals surface area contributed by atoms with Gasteiger partial charge in [-0.1, -0.05) is 23.7 Å². The molecular formula is C19H15ClN4OS. The van der Waals surface area contributed by atoms with Gasteiger partial charge in [0.15, 0.2) is 0 Å². The van der Waals surface area contributed by atoms with Crippen LogP contribution in [0.1, 0.15) is 10.6 Å². The van der Waals surface area contributed by atoms with Gasteiger partial charge < -0.3 is 10.0 Å². The van der Waals surface area contributed by atoms with Gasteiger partial charge in [-0.3, -0.25) is 10.4 Å². The first kappa shape index (κ1) is 16.8. The van der Waals surface area contributed by atoms with E-state index >= 15 is 0 Å². The standard InChI is InChI=1S/C19H15ClN4OS/c20-14-3-1-13(2-4-14)15-11-26-19(23-15)17-16(25)10-24(18(17)21)9-12-5-7-22-8-6-12/h1-8,11,21,25H,9-10H2. The number of nitrogens with one attached hydrogen (secondary N) is 1. The minimum Gasteiger partial charge on any atom is -0.510 e. The maximum absolute atomic E-state index is 10.4. The first-order valence-corrected chi connectivity index (χ1v) is 9.24. The van der Waals surface area contributed by atoms with Gasteiger partial charge in [-0.05, 0) is 29.8 Å². The number of benzene rings is 1. The van der Waals surface area contributed by atoms with Gasteiger partial charge in [-0.25, -0.2) is 4.98 Å². The Morgan fingerprint density at radius 2 is 1.88 bits per heavy atom. The molecule has 3 heterocycles.